The van der Waals surface area contributed by atoms with Crippen LogP contribution < -0.4 is 0 Å². The maximum absolute atomic E-state index is 12.1. The second-order valence-electron chi connectivity index (χ2n) is 3.67. The number of benzene rings is 1. The Labute approximate surface area is 122 Å². The van der Waals surface area contributed by atoms with Crippen molar-refractivity contribution >= 4 is 43.1 Å². The van der Waals surface area contributed by atoms with E-state index in [1.165, 1.54) is 17.5 Å². The van der Waals surface area contributed by atoms with E-state index in [0.29, 0.717) is 4.47 Å². The number of sulfone groups is 1. The lowest BCUT2D eigenvalue weighted by Crippen LogP contribution is -2.06. The Bertz CT molecular complexity index is 724. The monoisotopic (exact) mass is 361 g/mol. The molecule has 2 rings (SSSR count). The van der Waals surface area contributed by atoms with E-state index in [4.69, 9.17) is 5.11 Å². The van der Waals surface area contributed by atoms with E-state index in [1.807, 2.05) is 0 Å². The molecule has 0 radical (unpaired) electrons. The molecule has 0 saturated carbocycles. The van der Waals surface area contributed by atoms with Gasteiger partial charge in [-0.2, -0.15) is 0 Å². The number of hydrogen-bond donors (Lipinski definition) is 1. The lowest BCUT2D eigenvalue weighted by atomic mass is 10.4. The number of carboxylic acids is 1. The highest BCUT2D eigenvalue weighted by molar-refractivity contribution is 9.10. The number of thiazole rings is 1. The van der Waals surface area contributed by atoms with Crippen molar-refractivity contribution in [1.29, 1.82) is 0 Å². The first-order chi connectivity index (χ1) is 8.88. The summed E-state index contributed by atoms with van der Waals surface area (Å²) >= 11 is 4.12. The first kappa shape index (κ1) is 14.2. The van der Waals surface area contributed by atoms with Gasteiger partial charge in [0, 0.05) is 9.85 Å². The minimum absolute atomic E-state index is 0.112. The molecule has 5 nitrogen and oxygen atoms in total. The van der Waals surface area contributed by atoms with Crippen molar-refractivity contribution < 1.29 is 18.3 Å². The van der Waals surface area contributed by atoms with Crippen LogP contribution in [-0.4, -0.2) is 24.5 Å². The van der Waals surface area contributed by atoms with Crippen molar-refractivity contribution in [2.75, 3.05) is 0 Å². The smallest absolute Gasteiger partial charge is 0.365 e. The highest BCUT2D eigenvalue weighted by atomic mass is 79.9. The minimum atomic E-state index is -3.53. The molecule has 0 aliphatic carbocycles. The second-order valence-corrected chi connectivity index (χ2v) is 7.43. The Morgan fingerprint density at radius 1 is 1.42 bits per heavy atom. The molecule has 100 valence electrons. The first-order valence-corrected chi connectivity index (χ1v) is 8.37. The SMILES string of the molecule is O=C(O)c1nc(CS(=O)(=O)c2cccc(Br)c2)cs1. The molecule has 1 aromatic carbocycles. The van der Waals surface area contributed by atoms with Crippen molar-refractivity contribution in [2.24, 2.45) is 0 Å². The van der Waals surface area contributed by atoms with E-state index in [9.17, 15) is 13.2 Å². The molecule has 1 heterocycles. The number of carbonyl (C=O) groups is 1. The minimum Gasteiger partial charge on any atom is -0.476 e. The van der Waals surface area contributed by atoms with Gasteiger partial charge in [-0.1, -0.05) is 22.0 Å². The van der Waals surface area contributed by atoms with Crippen LogP contribution in [0.15, 0.2) is 39.0 Å². The molecule has 19 heavy (non-hydrogen) atoms. The molecule has 0 aliphatic heterocycles. The zero-order valence-corrected chi connectivity index (χ0v) is 12.6. The summed E-state index contributed by atoms with van der Waals surface area (Å²) in [7, 11) is -3.53. The number of halogens is 1. The first-order valence-electron chi connectivity index (χ1n) is 5.04. The van der Waals surface area contributed by atoms with Crippen LogP contribution >= 0.6 is 27.3 Å². The van der Waals surface area contributed by atoms with Crippen LogP contribution in [-0.2, 0) is 15.6 Å². The van der Waals surface area contributed by atoms with Crippen LogP contribution in [0.5, 0.6) is 0 Å². The van der Waals surface area contributed by atoms with Gasteiger partial charge in [-0.3, -0.25) is 0 Å². The van der Waals surface area contributed by atoms with Gasteiger partial charge in [-0.15, -0.1) is 11.3 Å². The zero-order chi connectivity index (χ0) is 14.0. The van der Waals surface area contributed by atoms with Gasteiger partial charge in [-0.05, 0) is 18.2 Å². The maximum Gasteiger partial charge on any atom is 0.365 e. The lowest BCUT2D eigenvalue weighted by molar-refractivity contribution is 0.0696. The molecule has 0 atom stereocenters. The fraction of sp³-hybridized carbons (Fsp3) is 0.0909. The average Bonchev–Trinajstić information content (AvgIpc) is 2.77. The molecule has 1 N–H and O–H groups in total. The summed E-state index contributed by atoms with van der Waals surface area (Å²) in [6, 6.07) is 6.34. The second kappa shape index (κ2) is 5.40. The van der Waals surface area contributed by atoms with Gasteiger partial charge in [0.05, 0.1) is 16.3 Å². The quantitative estimate of drug-likeness (QED) is 0.904. The number of carboxylic acid groups (broad SMARTS) is 1. The van der Waals surface area contributed by atoms with Crippen molar-refractivity contribution in [3.63, 3.8) is 0 Å². The van der Waals surface area contributed by atoms with Crippen LogP contribution in [0.1, 0.15) is 15.5 Å². The summed E-state index contributed by atoms with van der Waals surface area (Å²) in [6.07, 6.45) is 0. The van der Waals surface area contributed by atoms with Gasteiger partial charge >= 0.3 is 5.97 Å². The Morgan fingerprint density at radius 2 is 2.16 bits per heavy atom. The van der Waals surface area contributed by atoms with Crippen LogP contribution in [0.3, 0.4) is 0 Å². The Hall–Kier alpha value is -1.25. The lowest BCUT2D eigenvalue weighted by Gasteiger charge is -2.02. The molecular weight excluding hydrogens is 354 g/mol. The van der Waals surface area contributed by atoms with Gasteiger partial charge in [0.15, 0.2) is 9.84 Å². The van der Waals surface area contributed by atoms with Gasteiger partial charge in [-0.25, -0.2) is 18.2 Å². The zero-order valence-electron chi connectivity index (χ0n) is 9.41. The van der Waals surface area contributed by atoms with Crippen molar-refractivity contribution in [3.8, 4) is 0 Å². The molecule has 0 amide bonds. The summed E-state index contributed by atoms with van der Waals surface area (Å²) in [6.45, 7) is 0. The molecule has 0 spiro atoms. The van der Waals surface area contributed by atoms with E-state index >= 15 is 0 Å². The fourth-order valence-electron chi connectivity index (χ4n) is 1.41. The number of hydrogen-bond acceptors (Lipinski definition) is 5. The van der Waals surface area contributed by atoms with E-state index in [0.717, 1.165) is 11.3 Å². The number of nitrogens with zero attached hydrogens (tertiary/aromatic N) is 1. The van der Waals surface area contributed by atoms with Crippen molar-refractivity contribution in [1.82, 2.24) is 4.98 Å². The predicted molar refractivity (Wildman–Crippen MR) is 74.1 cm³/mol. The number of aromatic nitrogens is 1. The summed E-state index contributed by atoms with van der Waals surface area (Å²) in [4.78, 5) is 14.6. The Morgan fingerprint density at radius 3 is 2.74 bits per heavy atom. The van der Waals surface area contributed by atoms with Gasteiger partial charge < -0.3 is 5.11 Å². The third-order valence-electron chi connectivity index (χ3n) is 2.23. The van der Waals surface area contributed by atoms with Crippen LogP contribution in [0.2, 0.25) is 0 Å². The third kappa shape index (κ3) is 3.40. The van der Waals surface area contributed by atoms with Gasteiger partial charge in [0.25, 0.3) is 0 Å². The molecule has 0 unspecified atom stereocenters. The maximum atomic E-state index is 12.1. The topological polar surface area (TPSA) is 84.3 Å². The van der Waals surface area contributed by atoms with E-state index in [-0.39, 0.29) is 21.3 Å². The molecule has 0 bridgehead atoms. The normalized spacial score (nSPS) is 11.4. The summed E-state index contributed by atoms with van der Waals surface area (Å²) in [5.41, 5.74) is 0.238. The molecule has 1 aromatic heterocycles. The predicted octanol–water partition coefficient (Wildman–Crippen LogP) is 2.58. The van der Waals surface area contributed by atoms with Crippen LogP contribution in [0.4, 0.5) is 0 Å². The van der Waals surface area contributed by atoms with Crippen molar-refractivity contribution in [3.05, 3.63) is 44.8 Å². The fourth-order valence-corrected chi connectivity index (χ4v) is 4.02. The highest BCUT2D eigenvalue weighted by Crippen LogP contribution is 2.21. The van der Waals surface area contributed by atoms with E-state index in [1.54, 1.807) is 12.1 Å². The summed E-state index contributed by atoms with van der Waals surface area (Å²) in [5.74, 6) is -1.47. The van der Waals surface area contributed by atoms with Crippen LogP contribution in [0.25, 0.3) is 0 Å². The molecule has 0 saturated heterocycles. The molecule has 8 heteroatoms. The Balaban J connectivity index is 2.28. The van der Waals surface area contributed by atoms with Crippen molar-refractivity contribution in [2.45, 2.75) is 10.6 Å². The van der Waals surface area contributed by atoms with Gasteiger partial charge in [0.2, 0.25) is 5.01 Å². The molecule has 0 fully saturated rings. The Kier molecular flexibility index (Phi) is 4.02. The summed E-state index contributed by atoms with van der Waals surface area (Å²) < 4.78 is 24.9. The number of rotatable bonds is 4. The van der Waals surface area contributed by atoms with Crippen LogP contribution in [0, 0.1) is 0 Å². The van der Waals surface area contributed by atoms with E-state index in [2.05, 4.69) is 20.9 Å². The largest absolute Gasteiger partial charge is 0.476 e. The third-order valence-corrected chi connectivity index (χ3v) is 5.25. The summed E-state index contributed by atoms with van der Waals surface area (Å²) in [5, 5.41) is 10.1. The molecular formula is C11H8BrNO4S2. The standard InChI is InChI=1S/C11H8BrNO4S2/c12-7-2-1-3-9(4-7)19(16,17)6-8-5-18-10(13-8)11(14)15/h1-5H,6H2,(H,14,15). The van der Waals surface area contributed by atoms with Gasteiger partial charge in [0.1, 0.15) is 0 Å². The highest BCUT2D eigenvalue weighted by Gasteiger charge is 2.18. The van der Waals surface area contributed by atoms with E-state index < -0.39 is 15.8 Å². The average molecular weight is 362 g/mol. The number of aromatic carboxylic acids is 1. The molecule has 0 aliphatic rings. The molecule has 2 aromatic rings.